The highest BCUT2D eigenvalue weighted by molar-refractivity contribution is 5.79. The van der Waals surface area contributed by atoms with Gasteiger partial charge in [0.15, 0.2) is 6.10 Å². The van der Waals surface area contributed by atoms with Gasteiger partial charge in [0.25, 0.3) is 0 Å². The van der Waals surface area contributed by atoms with Crippen LogP contribution >= 0.6 is 0 Å². The number of aliphatic carboxylic acids is 1. The average Bonchev–Trinajstić information content (AvgIpc) is 2.64. The normalized spacial score (nSPS) is 38.1. The van der Waals surface area contributed by atoms with Gasteiger partial charge < -0.3 is 15.2 Å². The van der Waals surface area contributed by atoms with Crippen molar-refractivity contribution >= 4 is 11.9 Å². The van der Waals surface area contributed by atoms with E-state index >= 15 is 0 Å². The summed E-state index contributed by atoms with van der Waals surface area (Å²) in [6, 6.07) is 0. The van der Waals surface area contributed by atoms with Crippen LogP contribution < -0.4 is 5.32 Å². The van der Waals surface area contributed by atoms with Crippen LogP contribution in [0.2, 0.25) is 0 Å². The van der Waals surface area contributed by atoms with Crippen LogP contribution in [-0.4, -0.2) is 41.4 Å². The lowest BCUT2D eigenvalue weighted by atomic mass is 9.60. The van der Waals surface area contributed by atoms with Crippen LogP contribution in [0.4, 0.5) is 13.2 Å². The molecule has 8 heteroatoms. The van der Waals surface area contributed by atoms with Crippen molar-refractivity contribution in [1.29, 1.82) is 0 Å². The highest BCUT2D eigenvalue weighted by Gasteiger charge is 2.77. The summed E-state index contributed by atoms with van der Waals surface area (Å²) in [7, 11) is 0. The number of amides is 1. The van der Waals surface area contributed by atoms with E-state index < -0.39 is 35.2 Å². The quantitative estimate of drug-likeness (QED) is 0.788. The summed E-state index contributed by atoms with van der Waals surface area (Å²) in [5.41, 5.74) is -3.08. The standard InChI is InChI=1S/C10H12F3NO4/c1-5(15)14-4-8-2-9(3-8,7(16)17)6(18-8)10(11,12)13/h6H,2-4H2,1H3,(H,14,15)(H,16,17). The van der Waals surface area contributed by atoms with Gasteiger partial charge >= 0.3 is 12.1 Å². The van der Waals surface area contributed by atoms with Gasteiger partial charge in [0, 0.05) is 13.5 Å². The molecular formula is C10H12F3NO4. The molecule has 2 N–H and O–H groups in total. The Balaban J connectivity index is 2.17. The Hall–Kier alpha value is -1.31. The number of carbonyl (C=O) groups is 2. The van der Waals surface area contributed by atoms with Gasteiger partial charge in [0.1, 0.15) is 5.41 Å². The molecule has 0 aromatic rings. The lowest BCUT2D eigenvalue weighted by Crippen LogP contribution is -2.56. The third-order valence-corrected chi connectivity index (χ3v) is 3.53. The molecule has 2 bridgehead atoms. The summed E-state index contributed by atoms with van der Waals surface area (Å²) in [6.45, 7) is 1.14. The van der Waals surface area contributed by atoms with Crippen molar-refractivity contribution in [2.24, 2.45) is 5.41 Å². The molecule has 2 aliphatic heterocycles. The molecule has 102 valence electrons. The maximum atomic E-state index is 12.7. The van der Waals surface area contributed by atoms with Crippen LogP contribution in [0.1, 0.15) is 19.8 Å². The first-order valence-corrected chi connectivity index (χ1v) is 5.34. The van der Waals surface area contributed by atoms with E-state index in [1.807, 2.05) is 0 Å². The molecule has 1 amide bonds. The topological polar surface area (TPSA) is 75.6 Å². The molecule has 3 rings (SSSR count). The monoisotopic (exact) mass is 267 g/mol. The largest absolute Gasteiger partial charge is 0.481 e. The van der Waals surface area contributed by atoms with Crippen LogP contribution in [0.3, 0.4) is 0 Å². The van der Waals surface area contributed by atoms with E-state index in [1.165, 1.54) is 6.92 Å². The number of carboxylic acids is 1. The number of hydrogen-bond acceptors (Lipinski definition) is 3. The molecule has 0 aromatic heterocycles. The number of fused-ring (bicyclic) bond motifs is 1. The molecule has 1 aliphatic carbocycles. The molecule has 18 heavy (non-hydrogen) atoms. The Morgan fingerprint density at radius 1 is 1.44 bits per heavy atom. The summed E-state index contributed by atoms with van der Waals surface area (Å²) in [5, 5.41) is 11.3. The minimum atomic E-state index is -4.72. The highest BCUT2D eigenvalue weighted by Crippen LogP contribution is 2.64. The van der Waals surface area contributed by atoms with E-state index in [9.17, 15) is 22.8 Å². The van der Waals surface area contributed by atoms with Gasteiger partial charge in [-0.3, -0.25) is 9.59 Å². The van der Waals surface area contributed by atoms with E-state index in [4.69, 9.17) is 9.84 Å². The van der Waals surface area contributed by atoms with Crippen LogP contribution in [-0.2, 0) is 14.3 Å². The second kappa shape index (κ2) is 3.59. The molecule has 0 aromatic carbocycles. The number of nitrogens with one attached hydrogen (secondary N) is 1. The van der Waals surface area contributed by atoms with Crippen LogP contribution in [0.5, 0.6) is 0 Å². The zero-order valence-electron chi connectivity index (χ0n) is 9.50. The summed E-state index contributed by atoms with van der Waals surface area (Å²) in [6.07, 6.45) is -7.46. The van der Waals surface area contributed by atoms with Gasteiger partial charge in [-0.25, -0.2) is 0 Å². The van der Waals surface area contributed by atoms with Crippen LogP contribution in [0.15, 0.2) is 0 Å². The predicted molar refractivity (Wildman–Crippen MR) is 51.6 cm³/mol. The van der Waals surface area contributed by atoms with Gasteiger partial charge in [-0.2, -0.15) is 13.2 Å². The third kappa shape index (κ3) is 1.75. The average molecular weight is 267 g/mol. The number of carboxylic acid groups (broad SMARTS) is 1. The lowest BCUT2D eigenvalue weighted by Gasteiger charge is -2.42. The van der Waals surface area contributed by atoms with Crippen molar-refractivity contribution < 1.29 is 32.6 Å². The molecule has 1 atom stereocenters. The smallest absolute Gasteiger partial charge is 0.415 e. The van der Waals surface area contributed by atoms with E-state index in [0.29, 0.717) is 0 Å². The summed E-state index contributed by atoms with van der Waals surface area (Å²) in [4.78, 5) is 21.8. The lowest BCUT2D eigenvalue weighted by molar-refractivity contribution is -0.226. The molecule has 3 fully saturated rings. The summed E-state index contributed by atoms with van der Waals surface area (Å²) >= 11 is 0. The molecular weight excluding hydrogens is 255 g/mol. The molecule has 1 saturated carbocycles. The number of halogens is 3. The number of rotatable bonds is 3. The van der Waals surface area contributed by atoms with E-state index in [-0.39, 0.29) is 19.4 Å². The van der Waals surface area contributed by atoms with Crippen molar-refractivity contribution in [3.8, 4) is 0 Å². The minimum Gasteiger partial charge on any atom is -0.481 e. The molecule has 1 unspecified atom stereocenters. The Morgan fingerprint density at radius 3 is 2.33 bits per heavy atom. The van der Waals surface area contributed by atoms with Gasteiger partial charge in [-0.05, 0) is 12.8 Å². The van der Waals surface area contributed by atoms with Gasteiger partial charge in [-0.1, -0.05) is 0 Å². The number of alkyl halides is 3. The zero-order chi connectivity index (χ0) is 13.8. The molecule has 2 heterocycles. The summed E-state index contributed by atoms with van der Waals surface area (Å²) < 4.78 is 43.1. The first-order valence-electron chi connectivity index (χ1n) is 5.34. The molecule has 2 saturated heterocycles. The van der Waals surface area contributed by atoms with Gasteiger partial charge in [-0.15, -0.1) is 0 Å². The van der Waals surface area contributed by atoms with Gasteiger partial charge in [0.2, 0.25) is 5.91 Å². The highest BCUT2D eigenvalue weighted by atomic mass is 19.4. The number of carbonyl (C=O) groups excluding carboxylic acids is 1. The van der Waals surface area contributed by atoms with E-state index in [2.05, 4.69) is 5.32 Å². The first kappa shape index (κ1) is 13.1. The predicted octanol–water partition coefficient (Wildman–Crippen LogP) is 0.687. The Labute approximate surface area is 100 Å². The maximum Gasteiger partial charge on any atom is 0.415 e. The molecule has 5 nitrogen and oxygen atoms in total. The number of hydrogen-bond donors (Lipinski definition) is 2. The third-order valence-electron chi connectivity index (χ3n) is 3.53. The minimum absolute atomic E-state index is 0.0933. The fourth-order valence-electron chi connectivity index (χ4n) is 2.83. The fraction of sp³-hybridized carbons (Fsp3) is 0.800. The Kier molecular flexibility index (Phi) is 2.62. The summed E-state index contributed by atoms with van der Waals surface area (Å²) in [5.74, 6) is -1.89. The Bertz CT molecular complexity index is 400. The fourth-order valence-corrected chi connectivity index (χ4v) is 2.83. The molecule has 0 radical (unpaired) electrons. The van der Waals surface area contributed by atoms with Crippen molar-refractivity contribution in [2.75, 3.05) is 6.54 Å². The van der Waals surface area contributed by atoms with E-state index in [1.54, 1.807) is 0 Å². The molecule has 3 aliphatic rings. The van der Waals surface area contributed by atoms with Crippen molar-refractivity contribution in [1.82, 2.24) is 5.32 Å². The Morgan fingerprint density at radius 2 is 2.00 bits per heavy atom. The SMILES string of the molecule is CC(=O)NCC12CC(C(=O)O)(C1)C(C(F)(F)F)O2. The second-order valence-corrected chi connectivity index (χ2v) is 4.95. The number of ether oxygens (including phenoxy) is 1. The first-order chi connectivity index (χ1) is 8.11. The molecule has 0 spiro atoms. The van der Waals surface area contributed by atoms with Crippen LogP contribution in [0, 0.1) is 5.41 Å². The second-order valence-electron chi connectivity index (χ2n) is 4.95. The van der Waals surface area contributed by atoms with E-state index in [0.717, 1.165) is 0 Å². The van der Waals surface area contributed by atoms with Crippen molar-refractivity contribution in [3.63, 3.8) is 0 Å². The van der Waals surface area contributed by atoms with Crippen LogP contribution in [0.25, 0.3) is 0 Å². The van der Waals surface area contributed by atoms with Gasteiger partial charge in [0.05, 0.1) is 5.60 Å². The van der Waals surface area contributed by atoms with Crippen molar-refractivity contribution in [3.05, 3.63) is 0 Å². The van der Waals surface area contributed by atoms with Crippen molar-refractivity contribution in [2.45, 2.75) is 37.6 Å². The zero-order valence-corrected chi connectivity index (χ0v) is 9.50. The maximum absolute atomic E-state index is 12.7.